The summed E-state index contributed by atoms with van der Waals surface area (Å²) < 4.78 is 0. The lowest BCUT2D eigenvalue weighted by Crippen LogP contribution is -2.23. The predicted molar refractivity (Wildman–Crippen MR) is 48.7 cm³/mol. The van der Waals surface area contributed by atoms with Gasteiger partial charge in [0.25, 0.3) is 0 Å². The number of carbonyl (C=O) groups is 1. The molecule has 0 spiro atoms. The van der Waals surface area contributed by atoms with Gasteiger partial charge >= 0.3 is 0 Å². The molecule has 0 saturated carbocycles. The van der Waals surface area contributed by atoms with Crippen molar-refractivity contribution >= 4 is 23.3 Å². The quantitative estimate of drug-likeness (QED) is 0.643. The van der Waals surface area contributed by atoms with Crippen molar-refractivity contribution in [2.75, 3.05) is 5.32 Å². The molecule has 1 unspecified atom stereocenters. The summed E-state index contributed by atoms with van der Waals surface area (Å²) in [7, 11) is 0. The van der Waals surface area contributed by atoms with Gasteiger partial charge < -0.3 is 5.32 Å². The number of nitrogens with one attached hydrogen (secondary N) is 1. The largest absolute Gasteiger partial charge is 0.310 e. The van der Waals surface area contributed by atoms with E-state index < -0.39 is 0 Å². The molecule has 1 N–H and O–H groups in total. The summed E-state index contributed by atoms with van der Waals surface area (Å²) in [6.45, 7) is 1.94. The summed E-state index contributed by atoms with van der Waals surface area (Å²) in [4.78, 5) is 19.0. The Bertz CT molecular complexity index is 366. The van der Waals surface area contributed by atoms with Crippen molar-refractivity contribution < 1.29 is 4.79 Å². The number of carbonyl (C=O) groups excluding carboxylic acids is 1. The zero-order valence-corrected chi connectivity index (χ0v) is 7.80. The predicted octanol–water partition coefficient (Wildman–Crippen LogP) is 1.58. The molecule has 68 valence electrons. The molecule has 1 aliphatic heterocycles. The Balaban J connectivity index is 2.55. The zero-order valence-electron chi connectivity index (χ0n) is 7.04. The van der Waals surface area contributed by atoms with Crippen LogP contribution in [0.25, 0.3) is 0 Å². The van der Waals surface area contributed by atoms with Crippen LogP contribution in [0.4, 0.5) is 5.82 Å². The van der Waals surface area contributed by atoms with Crippen molar-refractivity contribution in [1.82, 2.24) is 9.97 Å². The first kappa shape index (κ1) is 8.44. The van der Waals surface area contributed by atoms with E-state index in [0.29, 0.717) is 17.4 Å². The molecule has 5 heteroatoms. The molecule has 0 aromatic carbocycles. The summed E-state index contributed by atoms with van der Waals surface area (Å²) in [5.74, 6) is 0.621. The Morgan fingerprint density at radius 2 is 2.38 bits per heavy atom. The van der Waals surface area contributed by atoms with Crippen LogP contribution in [-0.2, 0) is 4.79 Å². The van der Waals surface area contributed by atoms with Crippen LogP contribution in [0.5, 0.6) is 0 Å². The lowest BCUT2D eigenvalue weighted by molar-refractivity contribution is -0.116. The van der Waals surface area contributed by atoms with Gasteiger partial charge in [-0.1, -0.05) is 18.5 Å². The molecule has 0 radical (unpaired) electrons. The highest BCUT2D eigenvalue weighted by atomic mass is 35.5. The first-order chi connectivity index (χ1) is 6.18. The van der Waals surface area contributed by atoms with Crippen LogP contribution in [0.3, 0.4) is 0 Å². The first-order valence-electron chi connectivity index (χ1n) is 3.98. The van der Waals surface area contributed by atoms with Gasteiger partial charge in [0.15, 0.2) is 0 Å². The second kappa shape index (κ2) is 2.96. The number of anilines is 1. The molecule has 1 amide bonds. The highest BCUT2D eigenvalue weighted by Crippen LogP contribution is 2.33. The fourth-order valence-corrected chi connectivity index (χ4v) is 1.79. The molecule has 1 aromatic heterocycles. The third-order valence-electron chi connectivity index (χ3n) is 2.08. The Kier molecular flexibility index (Phi) is 1.92. The number of fused-ring (bicyclic) bond motifs is 1. The van der Waals surface area contributed by atoms with E-state index in [2.05, 4.69) is 15.3 Å². The minimum atomic E-state index is -0.0187. The van der Waals surface area contributed by atoms with Gasteiger partial charge in [0, 0.05) is 12.0 Å². The van der Waals surface area contributed by atoms with E-state index in [-0.39, 0.29) is 11.8 Å². The van der Waals surface area contributed by atoms with Crippen molar-refractivity contribution in [2.24, 2.45) is 0 Å². The van der Waals surface area contributed by atoms with Crippen molar-refractivity contribution in [3.8, 4) is 0 Å². The maximum atomic E-state index is 11.1. The first-order valence-corrected chi connectivity index (χ1v) is 4.36. The normalized spacial score (nSPS) is 20.8. The maximum absolute atomic E-state index is 11.1. The summed E-state index contributed by atoms with van der Waals surface area (Å²) in [6, 6.07) is 0. The molecule has 0 bridgehead atoms. The van der Waals surface area contributed by atoms with Gasteiger partial charge in [-0.3, -0.25) is 4.79 Å². The van der Waals surface area contributed by atoms with Crippen LogP contribution in [0.1, 0.15) is 24.8 Å². The minimum absolute atomic E-state index is 0.0187. The lowest BCUT2D eigenvalue weighted by atomic mass is 9.96. The second-order valence-electron chi connectivity index (χ2n) is 3.08. The van der Waals surface area contributed by atoms with Crippen molar-refractivity contribution in [2.45, 2.75) is 19.3 Å². The maximum Gasteiger partial charge on any atom is 0.226 e. The summed E-state index contributed by atoms with van der Waals surface area (Å²) >= 11 is 5.88. The Labute approximate surface area is 80.3 Å². The average Bonchev–Trinajstić information content (AvgIpc) is 2.02. The summed E-state index contributed by atoms with van der Waals surface area (Å²) in [5, 5.41) is 3.08. The van der Waals surface area contributed by atoms with Gasteiger partial charge in [0.2, 0.25) is 5.91 Å². The monoisotopic (exact) mass is 197 g/mol. The molecule has 2 heterocycles. The molecule has 0 fully saturated rings. The number of halogens is 1. The fourth-order valence-electron chi connectivity index (χ4n) is 1.47. The Hall–Kier alpha value is -1.16. The molecule has 13 heavy (non-hydrogen) atoms. The van der Waals surface area contributed by atoms with Crippen LogP contribution >= 0.6 is 11.6 Å². The smallest absolute Gasteiger partial charge is 0.226 e. The third-order valence-corrected chi connectivity index (χ3v) is 2.38. The van der Waals surface area contributed by atoms with E-state index in [1.165, 1.54) is 6.33 Å². The van der Waals surface area contributed by atoms with Crippen LogP contribution < -0.4 is 5.32 Å². The van der Waals surface area contributed by atoms with Crippen molar-refractivity contribution in [3.05, 3.63) is 17.0 Å². The lowest BCUT2D eigenvalue weighted by Gasteiger charge is -2.21. The van der Waals surface area contributed by atoms with Gasteiger partial charge in [-0.25, -0.2) is 9.97 Å². The van der Waals surface area contributed by atoms with Crippen molar-refractivity contribution in [1.29, 1.82) is 0 Å². The van der Waals surface area contributed by atoms with E-state index in [0.717, 1.165) is 5.56 Å². The van der Waals surface area contributed by atoms with E-state index in [9.17, 15) is 4.79 Å². The Morgan fingerprint density at radius 3 is 3.15 bits per heavy atom. The molecule has 4 nitrogen and oxygen atoms in total. The highest BCUT2D eigenvalue weighted by molar-refractivity contribution is 6.30. The van der Waals surface area contributed by atoms with Crippen LogP contribution in [0.2, 0.25) is 5.15 Å². The number of nitrogens with zero attached hydrogens (tertiary/aromatic N) is 2. The van der Waals surface area contributed by atoms with Crippen LogP contribution in [0.15, 0.2) is 6.33 Å². The molecule has 2 rings (SSSR count). The molecule has 1 aromatic rings. The van der Waals surface area contributed by atoms with E-state index in [1.54, 1.807) is 0 Å². The third kappa shape index (κ3) is 1.37. The number of hydrogen-bond donors (Lipinski definition) is 1. The second-order valence-corrected chi connectivity index (χ2v) is 3.44. The van der Waals surface area contributed by atoms with Gasteiger partial charge in [0.1, 0.15) is 17.3 Å². The van der Waals surface area contributed by atoms with Gasteiger partial charge in [-0.05, 0) is 5.92 Å². The summed E-state index contributed by atoms with van der Waals surface area (Å²) in [6.07, 6.45) is 1.79. The van der Waals surface area contributed by atoms with Crippen LogP contribution in [-0.4, -0.2) is 15.9 Å². The number of hydrogen-bond acceptors (Lipinski definition) is 3. The summed E-state index contributed by atoms with van der Waals surface area (Å²) in [5.41, 5.74) is 0.837. The van der Waals surface area contributed by atoms with Gasteiger partial charge in [-0.15, -0.1) is 0 Å². The van der Waals surface area contributed by atoms with E-state index >= 15 is 0 Å². The topological polar surface area (TPSA) is 54.9 Å². The SMILES string of the molecule is CC1CC(=O)Nc2ncnc(Cl)c21. The van der Waals surface area contributed by atoms with Gasteiger partial charge in [-0.2, -0.15) is 0 Å². The zero-order chi connectivity index (χ0) is 9.42. The number of rotatable bonds is 0. The standard InChI is InChI=1S/C8H8ClN3O/c1-4-2-5(13)12-8-6(4)7(9)10-3-11-8/h3-4H,2H2,1H3,(H,10,11,12,13). The molecular weight excluding hydrogens is 190 g/mol. The molecule has 1 atom stereocenters. The highest BCUT2D eigenvalue weighted by Gasteiger charge is 2.25. The van der Waals surface area contributed by atoms with Crippen molar-refractivity contribution in [3.63, 3.8) is 0 Å². The minimum Gasteiger partial charge on any atom is -0.310 e. The molecule has 0 aliphatic carbocycles. The number of aromatic nitrogens is 2. The molecule has 0 saturated heterocycles. The number of amides is 1. The molecule has 1 aliphatic rings. The van der Waals surface area contributed by atoms with Gasteiger partial charge in [0.05, 0.1) is 0 Å². The Morgan fingerprint density at radius 1 is 1.62 bits per heavy atom. The van der Waals surface area contributed by atoms with E-state index in [4.69, 9.17) is 11.6 Å². The van der Waals surface area contributed by atoms with E-state index in [1.807, 2.05) is 6.92 Å². The average molecular weight is 198 g/mol. The van der Waals surface area contributed by atoms with Crippen LogP contribution in [0, 0.1) is 0 Å². The molecular formula is C8H8ClN3O. The fraction of sp³-hybridized carbons (Fsp3) is 0.375.